The lowest BCUT2D eigenvalue weighted by atomic mass is 9.74. The van der Waals surface area contributed by atoms with E-state index in [-0.39, 0.29) is 10.8 Å². The van der Waals surface area contributed by atoms with Crippen molar-refractivity contribution in [3.63, 3.8) is 0 Å². The van der Waals surface area contributed by atoms with Crippen molar-refractivity contribution in [2.75, 3.05) is 0 Å². The van der Waals surface area contributed by atoms with E-state index >= 15 is 0 Å². The fourth-order valence-electron chi connectivity index (χ4n) is 7.38. The molecule has 0 unspecified atom stereocenters. The minimum Gasteiger partial charge on any atom is -0.457 e. The van der Waals surface area contributed by atoms with Crippen LogP contribution < -0.4 is 4.74 Å². The maximum Gasteiger partial charge on any atom is 0.127 e. The maximum atomic E-state index is 6.36. The Morgan fingerprint density at radius 2 is 0.610 bits per heavy atom. The molecule has 8 rings (SSSR count). The van der Waals surface area contributed by atoms with Gasteiger partial charge in [0, 0.05) is 10.8 Å². The summed E-state index contributed by atoms with van der Waals surface area (Å²) in [5, 5.41) is 0. The van der Waals surface area contributed by atoms with Crippen LogP contribution in [0, 0.1) is 0 Å². The zero-order valence-electron chi connectivity index (χ0n) is 23.3. The number of ether oxygens (including phenoxy) is 1. The van der Waals surface area contributed by atoms with Crippen LogP contribution >= 0.6 is 0 Å². The van der Waals surface area contributed by atoms with Gasteiger partial charge in [-0.1, -0.05) is 121 Å². The Balaban J connectivity index is 1.09. The van der Waals surface area contributed by atoms with Crippen molar-refractivity contribution >= 4 is 0 Å². The lowest BCUT2D eigenvalue weighted by molar-refractivity contribution is 0.481. The fraction of sp³-hybridized carbons (Fsp3) is 0.100. The molecule has 0 radical (unpaired) electrons. The van der Waals surface area contributed by atoms with Gasteiger partial charge in [0.1, 0.15) is 11.5 Å². The van der Waals surface area contributed by atoms with Crippen LogP contribution in [0.25, 0.3) is 22.3 Å². The minimum atomic E-state index is -0.198. The van der Waals surface area contributed by atoms with Crippen molar-refractivity contribution in [2.24, 2.45) is 0 Å². The highest BCUT2D eigenvalue weighted by atomic mass is 16.5. The van der Waals surface area contributed by atoms with Crippen molar-refractivity contribution in [3.8, 4) is 33.8 Å². The first kappa shape index (κ1) is 24.0. The summed E-state index contributed by atoms with van der Waals surface area (Å²) in [6, 6.07) is 52.4. The minimum absolute atomic E-state index is 0.198. The fourth-order valence-corrected chi connectivity index (χ4v) is 7.38. The van der Waals surface area contributed by atoms with Crippen molar-refractivity contribution in [2.45, 2.75) is 24.7 Å². The van der Waals surface area contributed by atoms with Crippen LogP contribution in [-0.2, 0) is 10.8 Å². The van der Waals surface area contributed by atoms with Gasteiger partial charge in [0.05, 0.1) is 0 Å². The highest BCUT2D eigenvalue weighted by molar-refractivity contribution is 5.84. The molecular formula is C40H30O. The summed E-state index contributed by atoms with van der Waals surface area (Å²) < 4.78 is 6.36. The smallest absolute Gasteiger partial charge is 0.127 e. The van der Waals surface area contributed by atoms with Crippen LogP contribution in [0.15, 0.2) is 146 Å². The van der Waals surface area contributed by atoms with Crippen molar-refractivity contribution in [3.05, 3.63) is 179 Å². The van der Waals surface area contributed by atoms with Crippen LogP contribution in [-0.4, -0.2) is 0 Å². The average Bonchev–Trinajstić information content (AvgIpc) is 3.46. The monoisotopic (exact) mass is 526 g/mol. The Bertz CT molecular complexity index is 1690. The normalized spacial score (nSPS) is 15.0. The van der Waals surface area contributed by atoms with Gasteiger partial charge < -0.3 is 4.74 Å². The van der Waals surface area contributed by atoms with E-state index in [1.54, 1.807) is 0 Å². The molecule has 2 aliphatic carbocycles. The molecule has 0 atom stereocenters. The summed E-state index contributed by atoms with van der Waals surface area (Å²) in [6.07, 6.45) is 0. The number of hydrogen-bond donors (Lipinski definition) is 0. The predicted octanol–water partition coefficient (Wildman–Crippen LogP) is 10.1. The molecule has 6 aromatic carbocycles. The SMILES string of the molecule is CC1(c2ccc(Oc3ccc(C4(C)c5ccccc5-c5ccccc54)cc3)cc2)c2ccccc2-c2ccccc21. The molecule has 0 spiro atoms. The van der Waals surface area contributed by atoms with Crippen molar-refractivity contribution < 1.29 is 4.74 Å². The predicted molar refractivity (Wildman–Crippen MR) is 168 cm³/mol. The first-order valence-corrected chi connectivity index (χ1v) is 14.4. The van der Waals surface area contributed by atoms with E-state index in [0.717, 1.165) is 11.5 Å². The Hall–Kier alpha value is -4.88. The summed E-state index contributed by atoms with van der Waals surface area (Å²) in [5.74, 6) is 1.68. The second-order valence-corrected chi connectivity index (χ2v) is 11.6. The molecular weight excluding hydrogens is 496 g/mol. The molecule has 6 aromatic rings. The molecule has 2 aliphatic rings. The Morgan fingerprint density at radius 3 is 0.902 bits per heavy atom. The molecule has 0 aliphatic heterocycles. The first-order chi connectivity index (χ1) is 20.1. The zero-order chi connectivity index (χ0) is 27.6. The topological polar surface area (TPSA) is 9.23 Å². The zero-order valence-corrected chi connectivity index (χ0v) is 23.3. The van der Waals surface area contributed by atoms with Gasteiger partial charge in [-0.2, -0.15) is 0 Å². The Morgan fingerprint density at radius 1 is 0.341 bits per heavy atom. The van der Waals surface area contributed by atoms with Crippen LogP contribution in [0.4, 0.5) is 0 Å². The number of hydrogen-bond acceptors (Lipinski definition) is 1. The second kappa shape index (κ2) is 8.81. The third-order valence-corrected chi connectivity index (χ3v) is 9.54. The van der Waals surface area contributed by atoms with E-state index in [1.165, 1.54) is 55.6 Å². The molecule has 1 nitrogen and oxygen atoms in total. The Kier molecular flexibility index (Phi) is 5.15. The molecule has 1 heteroatoms. The standard InChI is InChI=1S/C40H30O/c1-39(35-15-7-3-11-31(35)32-12-4-8-16-36(32)39)27-19-23-29(24-20-27)41-30-25-21-28(22-26-30)40(2)37-17-9-5-13-33(37)34-14-6-10-18-38(34)40/h3-26H,1-2H3. The molecule has 0 fully saturated rings. The molecule has 0 bridgehead atoms. The largest absolute Gasteiger partial charge is 0.457 e. The molecule has 0 amide bonds. The summed E-state index contributed by atoms with van der Waals surface area (Å²) in [6.45, 7) is 4.68. The van der Waals surface area contributed by atoms with E-state index < -0.39 is 0 Å². The van der Waals surface area contributed by atoms with Crippen LogP contribution in [0.3, 0.4) is 0 Å². The van der Waals surface area contributed by atoms with Crippen molar-refractivity contribution in [1.82, 2.24) is 0 Å². The molecule has 0 heterocycles. The number of rotatable bonds is 4. The van der Waals surface area contributed by atoms with Gasteiger partial charge in [0.25, 0.3) is 0 Å². The average molecular weight is 527 g/mol. The van der Waals surface area contributed by atoms with Gasteiger partial charge in [-0.15, -0.1) is 0 Å². The Labute approximate surface area is 241 Å². The van der Waals surface area contributed by atoms with Gasteiger partial charge in [-0.05, 0) is 93.7 Å². The molecule has 0 saturated heterocycles. The number of fused-ring (bicyclic) bond motifs is 6. The summed E-state index contributed by atoms with van der Waals surface area (Å²) >= 11 is 0. The lowest BCUT2D eigenvalue weighted by Gasteiger charge is -2.28. The quantitative estimate of drug-likeness (QED) is 0.222. The van der Waals surface area contributed by atoms with Gasteiger partial charge >= 0.3 is 0 Å². The van der Waals surface area contributed by atoms with E-state index in [0.29, 0.717) is 0 Å². The highest BCUT2D eigenvalue weighted by Gasteiger charge is 2.41. The molecule has 0 N–H and O–H groups in total. The third-order valence-electron chi connectivity index (χ3n) is 9.54. The number of benzene rings is 6. The van der Waals surface area contributed by atoms with Gasteiger partial charge in [0.15, 0.2) is 0 Å². The first-order valence-electron chi connectivity index (χ1n) is 14.4. The maximum absolute atomic E-state index is 6.36. The molecule has 0 saturated carbocycles. The molecule has 196 valence electrons. The summed E-state index contributed by atoms with van der Waals surface area (Å²) in [7, 11) is 0. The highest BCUT2D eigenvalue weighted by Crippen LogP contribution is 2.53. The van der Waals surface area contributed by atoms with Crippen LogP contribution in [0.5, 0.6) is 11.5 Å². The molecule has 41 heavy (non-hydrogen) atoms. The van der Waals surface area contributed by atoms with Crippen LogP contribution in [0.2, 0.25) is 0 Å². The van der Waals surface area contributed by atoms with Crippen molar-refractivity contribution in [1.29, 1.82) is 0 Å². The summed E-state index contributed by atoms with van der Waals surface area (Å²) in [4.78, 5) is 0. The molecule has 0 aromatic heterocycles. The lowest BCUT2D eigenvalue weighted by Crippen LogP contribution is -2.22. The summed E-state index contributed by atoms with van der Waals surface area (Å²) in [5.41, 5.74) is 12.9. The van der Waals surface area contributed by atoms with Crippen LogP contribution in [0.1, 0.15) is 47.2 Å². The van der Waals surface area contributed by atoms with E-state index in [1.807, 2.05) is 0 Å². The second-order valence-electron chi connectivity index (χ2n) is 11.6. The van der Waals surface area contributed by atoms with Gasteiger partial charge in [-0.3, -0.25) is 0 Å². The van der Waals surface area contributed by atoms with E-state index in [2.05, 4.69) is 159 Å². The van der Waals surface area contributed by atoms with Gasteiger partial charge in [-0.25, -0.2) is 0 Å². The third kappa shape index (κ3) is 3.36. The van der Waals surface area contributed by atoms with Gasteiger partial charge in [0.2, 0.25) is 0 Å². The van der Waals surface area contributed by atoms with E-state index in [4.69, 9.17) is 4.74 Å². The van der Waals surface area contributed by atoms with E-state index in [9.17, 15) is 0 Å².